The molecular weight excluding hydrogens is 274 g/mol. The van der Waals surface area contributed by atoms with Gasteiger partial charge in [-0.15, -0.1) is 0 Å². The van der Waals surface area contributed by atoms with Gasteiger partial charge in [0.25, 0.3) is 0 Å². The van der Waals surface area contributed by atoms with E-state index >= 15 is 0 Å². The van der Waals surface area contributed by atoms with E-state index in [1.807, 2.05) is 18.4 Å². The first-order valence-corrected chi connectivity index (χ1v) is 7.01. The van der Waals surface area contributed by atoms with Crippen molar-refractivity contribution in [2.24, 2.45) is 0 Å². The summed E-state index contributed by atoms with van der Waals surface area (Å²) in [5.74, 6) is 0.513. The lowest BCUT2D eigenvalue weighted by Gasteiger charge is -2.14. The molecule has 3 heterocycles. The Balaban J connectivity index is 2.00. The van der Waals surface area contributed by atoms with Gasteiger partial charge in [0.2, 0.25) is 11.8 Å². The van der Waals surface area contributed by atoms with Crippen molar-refractivity contribution < 1.29 is 14.6 Å². The monoisotopic (exact) mass is 293 g/mol. The van der Waals surface area contributed by atoms with Crippen LogP contribution in [0.15, 0.2) is 6.33 Å². The summed E-state index contributed by atoms with van der Waals surface area (Å²) in [7, 11) is 0. The quantitative estimate of drug-likeness (QED) is 0.860. The number of nitrogen functional groups attached to an aromatic ring is 1. The molecule has 3 N–H and O–H groups in total. The molecule has 0 unspecified atom stereocenters. The molecule has 0 amide bonds. The molecule has 1 aliphatic heterocycles. The molecule has 0 saturated carbocycles. The number of nitrogens with two attached hydrogens (primary N) is 1. The van der Waals surface area contributed by atoms with Crippen LogP contribution < -0.4 is 10.5 Å². The topological polar surface area (TPSA) is 108 Å². The molecule has 2 aromatic heterocycles. The predicted molar refractivity (Wildman–Crippen MR) is 75.7 cm³/mol. The number of hydrogen-bond donors (Lipinski definition) is 2. The molecule has 0 bridgehead atoms. The van der Waals surface area contributed by atoms with Gasteiger partial charge in [-0.2, -0.15) is 9.97 Å². The molecule has 0 aliphatic carbocycles. The van der Waals surface area contributed by atoms with Gasteiger partial charge in [0.1, 0.15) is 6.23 Å². The van der Waals surface area contributed by atoms with E-state index in [0.717, 1.165) is 12.8 Å². The first kappa shape index (κ1) is 14.0. The lowest BCUT2D eigenvalue weighted by Crippen LogP contribution is -2.14. The molecular formula is C13H19N5O3. The van der Waals surface area contributed by atoms with Gasteiger partial charge in [-0.05, 0) is 26.7 Å². The van der Waals surface area contributed by atoms with Crippen molar-refractivity contribution in [2.75, 3.05) is 12.3 Å². The Morgan fingerprint density at radius 1 is 1.48 bits per heavy atom. The molecule has 0 spiro atoms. The van der Waals surface area contributed by atoms with Crippen molar-refractivity contribution in [1.29, 1.82) is 0 Å². The first-order valence-electron chi connectivity index (χ1n) is 7.01. The molecule has 0 aromatic carbocycles. The maximum absolute atomic E-state index is 9.17. The van der Waals surface area contributed by atoms with Gasteiger partial charge >= 0.3 is 0 Å². The number of anilines is 1. The molecule has 8 heteroatoms. The van der Waals surface area contributed by atoms with Crippen LogP contribution in [0.3, 0.4) is 0 Å². The molecule has 1 aliphatic rings. The Morgan fingerprint density at radius 3 is 2.95 bits per heavy atom. The van der Waals surface area contributed by atoms with Crippen LogP contribution in [-0.2, 0) is 4.74 Å². The zero-order chi connectivity index (χ0) is 15.0. The largest absolute Gasteiger partial charge is 0.473 e. The highest BCUT2D eigenvalue weighted by molar-refractivity contribution is 5.77. The molecule has 8 nitrogen and oxygen atoms in total. The van der Waals surface area contributed by atoms with Crippen LogP contribution in [0.5, 0.6) is 5.88 Å². The second-order valence-corrected chi connectivity index (χ2v) is 5.35. The van der Waals surface area contributed by atoms with Crippen molar-refractivity contribution in [3.05, 3.63) is 6.33 Å². The second-order valence-electron chi connectivity index (χ2n) is 5.35. The van der Waals surface area contributed by atoms with Crippen LogP contribution >= 0.6 is 0 Å². The summed E-state index contributed by atoms with van der Waals surface area (Å²) in [5.41, 5.74) is 6.91. The summed E-state index contributed by atoms with van der Waals surface area (Å²) in [4.78, 5) is 12.7. The smallest absolute Gasteiger partial charge is 0.247 e. The molecule has 2 atom stereocenters. The summed E-state index contributed by atoms with van der Waals surface area (Å²) >= 11 is 0. The Hall–Kier alpha value is -1.93. The van der Waals surface area contributed by atoms with Crippen molar-refractivity contribution >= 4 is 17.1 Å². The summed E-state index contributed by atoms with van der Waals surface area (Å²) in [5, 5.41) is 9.17. The number of nitrogens with zero attached hydrogens (tertiary/aromatic N) is 4. The van der Waals surface area contributed by atoms with Crippen LogP contribution in [0.25, 0.3) is 11.2 Å². The second kappa shape index (κ2) is 5.45. The van der Waals surface area contributed by atoms with Crippen molar-refractivity contribution in [1.82, 2.24) is 19.5 Å². The van der Waals surface area contributed by atoms with Crippen LogP contribution in [0.4, 0.5) is 5.95 Å². The lowest BCUT2D eigenvalue weighted by atomic mass is 10.2. The standard InChI is InChI=1S/C13H19N5O3/c1-7(2)20-12-10-11(16-13(14)17-12)18(6-15-10)9-4-3-8(5-19)21-9/h6-9,19H,3-5H2,1-2H3,(H2,14,16,17)/t8-,9+/m0/s1. The van der Waals surface area contributed by atoms with E-state index in [0.29, 0.717) is 17.0 Å². The maximum Gasteiger partial charge on any atom is 0.247 e. The number of aromatic nitrogens is 4. The van der Waals surface area contributed by atoms with Gasteiger partial charge in [-0.25, -0.2) is 4.98 Å². The number of hydrogen-bond acceptors (Lipinski definition) is 7. The van der Waals surface area contributed by atoms with E-state index in [1.165, 1.54) is 0 Å². The van der Waals surface area contributed by atoms with Crippen LogP contribution in [-0.4, -0.2) is 43.4 Å². The molecule has 0 radical (unpaired) electrons. The van der Waals surface area contributed by atoms with E-state index in [9.17, 15) is 0 Å². The number of fused-ring (bicyclic) bond motifs is 1. The normalized spacial score (nSPS) is 22.3. The predicted octanol–water partition coefficient (Wildman–Crippen LogP) is 0.866. The lowest BCUT2D eigenvalue weighted by molar-refractivity contribution is -0.0207. The van der Waals surface area contributed by atoms with Crippen LogP contribution in [0, 0.1) is 0 Å². The Kier molecular flexibility index (Phi) is 3.64. The molecule has 21 heavy (non-hydrogen) atoms. The van der Waals surface area contributed by atoms with Gasteiger partial charge in [0, 0.05) is 0 Å². The van der Waals surface area contributed by atoms with Crippen molar-refractivity contribution in [3.63, 3.8) is 0 Å². The third-order valence-electron chi connectivity index (χ3n) is 3.35. The van der Waals surface area contributed by atoms with Crippen molar-refractivity contribution in [2.45, 2.75) is 45.1 Å². The highest BCUT2D eigenvalue weighted by atomic mass is 16.5. The van der Waals surface area contributed by atoms with E-state index < -0.39 is 0 Å². The maximum atomic E-state index is 9.17. The molecule has 114 valence electrons. The minimum absolute atomic E-state index is 0.0158. The summed E-state index contributed by atoms with van der Waals surface area (Å²) in [6.07, 6.45) is 2.87. The van der Waals surface area contributed by atoms with Gasteiger partial charge < -0.3 is 20.3 Å². The average molecular weight is 293 g/mol. The zero-order valence-corrected chi connectivity index (χ0v) is 12.1. The Morgan fingerprint density at radius 2 is 2.29 bits per heavy atom. The Labute approximate surface area is 121 Å². The van der Waals surface area contributed by atoms with E-state index in [2.05, 4.69) is 15.0 Å². The van der Waals surface area contributed by atoms with Gasteiger partial charge in [-0.3, -0.25) is 4.57 Å². The van der Waals surface area contributed by atoms with E-state index in [-0.39, 0.29) is 31.0 Å². The molecule has 2 aromatic rings. The van der Waals surface area contributed by atoms with E-state index in [4.69, 9.17) is 20.3 Å². The van der Waals surface area contributed by atoms with Gasteiger partial charge in [-0.1, -0.05) is 0 Å². The number of ether oxygens (including phenoxy) is 2. The summed E-state index contributed by atoms with van der Waals surface area (Å²) in [6.45, 7) is 3.84. The number of aliphatic hydroxyl groups is 1. The fourth-order valence-electron chi connectivity index (χ4n) is 2.45. The highest BCUT2D eigenvalue weighted by Crippen LogP contribution is 2.32. The minimum Gasteiger partial charge on any atom is -0.473 e. The first-order chi connectivity index (χ1) is 10.1. The average Bonchev–Trinajstić information content (AvgIpc) is 3.03. The SMILES string of the molecule is CC(C)Oc1nc(N)nc2c1ncn2[C@H]1CC[C@@H](CO)O1. The number of aliphatic hydroxyl groups excluding tert-OH is 1. The molecule has 1 saturated heterocycles. The zero-order valence-electron chi connectivity index (χ0n) is 12.1. The fraction of sp³-hybridized carbons (Fsp3) is 0.615. The number of rotatable bonds is 4. The fourth-order valence-corrected chi connectivity index (χ4v) is 2.45. The minimum atomic E-state index is -0.201. The third kappa shape index (κ3) is 2.64. The summed E-state index contributed by atoms with van der Waals surface area (Å²) < 4.78 is 13.2. The van der Waals surface area contributed by atoms with Crippen LogP contribution in [0.2, 0.25) is 0 Å². The summed E-state index contributed by atoms with van der Waals surface area (Å²) in [6, 6.07) is 0. The third-order valence-corrected chi connectivity index (χ3v) is 3.35. The highest BCUT2D eigenvalue weighted by Gasteiger charge is 2.28. The van der Waals surface area contributed by atoms with Gasteiger partial charge in [0.05, 0.1) is 25.1 Å². The molecule has 1 fully saturated rings. The van der Waals surface area contributed by atoms with Crippen molar-refractivity contribution in [3.8, 4) is 5.88 Å². The van der Waals surface area contributed by atoms with Crippen LogP contribution in [0.1, 0.15) is 32.9 Å². The molecule has 3 rings (SSSR count). The Bertz CT molecular complexity index is 642. The van der Waals surface area contributed by atoms with E-state index in [1.54, 1.807) is 6.33 Å². The van der Waals surface area contributed by atoms with Gasteiger partial charge in [0.15, 0.2) is 11.2 Å². The number of imidazole rings is 1.